The van der Waals surface area contributed by atoms with Crippen LogP contribution in [-0.2, 0) is 9.47 Å². The second-order valence-electron chi connectivity index (χ2n) is 8.63. The van der Waals surface area contributed by atoms with Crippen molar-refractivity contribution in [1.82, 2.24) is 4.90 Å². The van der Waals surface area contributed by atoms with Crippen LogP contribution in [0, 0.1) is 23.0 Å². The minimum absolute atomic E-state index is 0.0931. The lowest BCUT2D eigenvalue weighted by molar-refractivity contribution is -0.536. The molecular formula is C17H23N5O6. The number of ether oxygens (including phenoxy) is 2. The van der Waals surface area contributed by atoms with Gasteiger partial charge in [-0.2, -0.15) is 0 Å². The number of rotatable bonds is 3. The molecule has 2 saturated heterocycles. The highest BCUT2D eigenvalue weighted by molar-refractivity contribution is 6.46. The number of hydrogen-bond acceptors (Lipinski definition) is 10. The molecule has 0 amide bonds. The van der Waals surface area contributed by atoms with Gasteiger partial charge in [-0.1, -0.05) is 0 Å². The summed E-state index contributed by atoms with van der Waals surface area (Å²) in [6, 6.07) is 0. The Morgan fingerprint density at radius 2 is 2.11 bits per heavy atom. The maximum atomic E-state index is 12.8. The summed E-state index contributed by atoms with van der Waals surface area (Å²) in [5.41, 5.74) is 5.77. The van der Waals surface area contributed by atoms with E-state index in [1.54, 1.807) is 4.90 Å². The lowest BCUT2D eigenvalue weighted by Crippen LogP contribution is -2.67. The molecule has 11 nitrogen and oxygen atoms in total. The third kappa shape index (κ3) is 1.96. The maximum absolute atomic E-state index is 12.8. The molecular weight excluding hydrogens is 370 g/mol. The summed E-state index contributed by atoms with van der Waals surface area (Å²) < 4.78 is 12.0. The minimum atomic E-state index is -1.35. The number of fused-ring (bicyclic) bond motifs is 6. The molecule has 11 heteroatoms. The molecule has 2 saturated carbocycles. The van der Waals surface area contributed by atoms with Crippen LogP contribution >= 0.6 is 0 Å². The third-order valence-electron chi connectivity index (χ3n) is 7.38. The largest absolute Gasteiger partial charge is 0.714 e. The van der Waals surface area contributed by atoms with Gasteiger partial charge >= 0.3 is 0 Å². The van der Waals surface area contributed by atoms with Crippen molar-refractivity contribution in [3.8, 4) is 0 Å². The van der Waals surface area contributed by atoms with E-state index in [0.29, 0.717) is 28.3 Å². The topological polar surface area (TPSA) is 162 Å². The van der Waals surface area contributed by atoms with Crippen molar-refractivity contribution in [2.24, 2.45) is 33.5 Å². The maximum Gasteiger partial charge on any atom is 0.289 e. The molecule has 4 aliphatic heterocycles. The highest BCUT2D eigenvalue weighted by Crippen LogP contribution is 2.61. The lowest BCUT2D eigenvalue weighted by Gasteiger charge is -2.41. The molecule has 10 atom stereocenters. The molecule has 6 aliphatic rings. The van der Waals surface area contributed by atoms with E-state index in [0.717, 1.165) is 19.2 Å². The van der Waals surface area contributed by atoms with Crippen molar-refractivity contribution in [3.05, 3.63) is 5.21 Å². The van der Waals surface area contributed by atoms with E-state index in [2.05, 4.69) is 9.98 Å². The van der Waals surface area contributed by atoms with Crippen LogP contribution in [0.5, 0.6) is 0 Å². The fourth-order valence-electron chi connectivity index (χ4n) is 5.95. The Bertz CT molecular complexity index is 818. The highest BCUT2D eigenvalue weighted by atomic mass is 16.6. The highest BCUT2D eigenvalue weighted by Gasteiger charge is 2.69. The molecule has 4 fully saturated rings. The van der Waals surface area contributed by atoms with Gasteiger partial charge in [-0.05, 0) is 29.7 Å². The first-order valence-electron chi connectivity index (χ1n) is 9.71. The van der Waals surface area contributed by atoms with Crippen LogP contribution in [0.15, 0.2) is 9.98 Å². The quantitative estimate of drug-likeness (QED) is 0.226. The molecule has 0 aromatic heterocycles. The molecule has 6 unspecified atom stereocenters. The Labute approximate surface area is 160 Å². The first-order valence-corrected chi connectivity index (χ1v) is 9.71. The van der Waals surface area contributed by atoms with Crippen LogP contribution in [0.1, 0.15) is 12.8 Å². The molecule has 2 aliphatic carbocycles. The molecule has 0 aromatic carbocycles. The summed E-state index contributed by atoms with van der Waals surface area (Å²) in [4.78, 5) is 10.3. The zero-order valence-corrected chi connectivity index (χ0v) is 15.0. The number of aliphatic hydroxyl groups excluding tert-OH is 3. The fourth-order valence-corrected chi connectivity index (χ4v) is 5.95. The summed E-state index contributed by atoms with van der Waals surface area (Å²) in [6.07, 6.45) is -0.782. The predicted octanol–water partition coefficient (Wildman–Crippen LogP) is -2.83. The average molecular weight is 393 g/mol. The van der Waals surface area contributed by atoms with E-state index < -0.39 is 36.8 Å². The smallest absolute Gasteiger partial charge is 0.289 e. The zero-order valence-electron chi connectivity index (χ0n) is 15.0. The first-order chi connectivity index (χ1) is 13.4. The predicted molar refractivity (Wildman–Crippen MR) is 94.3 cm³/mol. The Morgan fingerprint density at radius 3 is 2.79 bits per heavy atom. The van der Waals surface area contributed by atoms with Crippen LogP contribution in [0.4, 0.5) is 0 Å². The Hall–Kier alpha value is -1.63. The minimum Gasteiger partial charge on any atom is -0.714 e. The van der Waals surface area contributed by atoms with Crippen molar-refractivity contribution < 1.29 is 29.5 Å². The van der Waals surface area contributed by atoms with E-state index in [4.69, 9.17) is 15.2 Å². The van der Waals surface area contributed by atoms with Crippen LogP contribution in [0.25, 0.3) is 0 Å². The number of hydroxylamine groups is 1. The van der Waals surface area contributed by atoms with Gasteiger partial charge in [-0.3, -0.25) is 15.6 Å². The van der Waals surface area contributed by atoms with Gasteiger partial charge in [0.1, 0.15) is 25.0 Å². The molecule has 0 aromatic rings. The van der Waals surface area contributed by atoms with Crippen LogP contribution in [0.3, 0.4) is 0 Å². The van der Waals surface area contributed by atoms with Crippen molar-refractivity contribution >= 4 is 17.9 Å². The van der Waals surface area contributed by atoms with E-state index in [9.17, 15) is 20.5 Å². The summed E-state index contributed by atoms with van der Waals surface area (Å²) in [5, 5.41) is 42.6. The second kappa shape index (κ2) is 5.49. The number of aliphatic hydroxyl groups is 3. The van der Waals surface area contributed by atoms with E-state index in [1.807, 2.05) is 0 Å². The number of nitrogens with two attached hydrogens (primary N) is 1. The molecule has 28 heavy (non-hydrogen) atoms. The summed E-state index contributed by atoms with van der Waals surface area (Å²) in [5.74, 6) is 0.953. The average Bonchev–Trinajstić information content (AvgIpc) is 2.98. The van der Waals surface area contributed by atoms with Gasteiger partial charge in [-0.25, -0.2) is 4.74 Å². The SMILES string of the molecule is NC1(C2CC3CC2C2OC32)C2=NCN([C@@H]3O[C@H](CO)[C@@H](O)[C@H]3O)C2=NC=[N+]1[O-]. The van der Waals surface area contributed by atoms with Gasteiger partial charge in [0.25, 0.3) is 12.2 Å². The monoisotopic (exact) mass is 393 g/mol. The molecule has 0 spiro atoms. The first kappa shape index (κ1) is 17.2. The summed E-state index contributed by atoms with van der Waals surface area (Å²) in [6.45, 7) is -0.317. The van der Waals surface area contributed by atoms with Crippen molar-refractivity contribution in [2.45, 2.75) is 55.3 Å². The molecule has 152 valence electrons. The summed E-state index contributed by atoms with van der Waals surface area (Å²) in [7, 11) is 0. The number of nitrogens with zero attached hydrogens (tertiary/aromatic N) is 4. The lowest BCUT2D eigenvalue weighted by atomic mass is 9.76. The van der Waals surface area contributed by atoms with Gasteiger partial charge in [0.05, 0.1) is 18.8 Å². The van der Waals surface area contributed by atoms with E-state index in [1.165, 1.54) is 0 Å². The van der Waals surface area contributed by atoms with Crippen molar-refractivity contribution in [3.63, 3.8) is 0 Å². The van der Waals surface area contributed by atoms with Crippen molar-refractivity contribution in [1.29, 1.82) is 0 Å². The molecule has 4 heterocycles. The normalized spacial score (nSPS) is 53.6. The van der Waals surface area contributed by atoms with Crippen molar-refractivity contribution in [2.75, 3.05) is 13.3 Å². The Kier molecular flexibility index (Phi) is 3.38. The third-order valence-corrected chi connectivity index (χ3v) is 7.38. The fraction of sp³-hybridized carbons (Fsp3) is 0.824. The van der Waals surface area contributed by atoms with Gasteiger partial charge in [0.15, 0.2) is 11.9 Å². The van der Waals surface area contributed by atoms with Crippen LogP contribution in [-0.4, -0.2) is 98.5 Å². The molecule has 0 radical (unpaired) electrons. The van der Waals surface area contributed by atoms with Crippen LogP contribution in [0.2, 0.25) is 0 Å². The number of hydrogen-bond donors (Lipinski definition) is 4. The Morgan fingerprint density at radius 1 is 1.29 bits per heavy atom. The van der Waals surface area contributed by atoms with Gasteiger partial charge < -0.3 is 30.0 Å². The second-order valence-corrected chi connectivity index (χ2v) is 8.63. The van der Waals surface area contributed by atoms with Crippen LogP contribution < -0.4 is 5.73 Å². The molecule has 5 N–H and O–H groups in total. The standard InChI is InChI=1S/C17H23N5O6/c18-17(8-2-6-1-7(8)13-12(6)28-13)14-15(20-5-22(17)26)21(4-19-14)16-11(25)10(24)9(3-23)27-16/h5-13,16,23-25H,1-4,18H2/t6?,7?,8?,9-,10-,11-,12?,13?,16-,17?/m1/s1. The number of aliphatic imine (C=N–C) groups is 2. The van der Waals surface area contributed by atoms with Gasteiger partial charge in [0.2, 0.25) is 5.66 Å². The molecule has 6 rings (SSSR count). The summed E-state index contributed by atoms with van der Waals surface area (Å²) >= 11 is 0. The van der Waals surface area contributed by atoms with Gasteiger partial charge in [0, 0.05) is 5.92 Å². The number of epoxide rings is 1. The number of amidine groups is 1. The van der Waals surface area contributed by atoms with Gasteiger partial charge in [-0.15, -0.1) is 0 Å². The Balaban J connectivity index is 1.31. The molecule has 2 bridgehead atoms. The van der Waals surface area contributed by atoms with E-state index in [-0.39, 0.29) is 24.6 Å². The zero-order chi connectivity index (χ0) is 19.4. The van der Waals surface area contributed by atoms with E-state index >= 15 is 0 Å².